The highest BCUT2D eigenvalue weighted by Crippen LogP contribution is 2.39. The van der Waals surface area contributed by atoms with E-state index in [0.717, 1.165) is 0 Å². The summed E-state index contributed by atoms with van der Waals surface area (Å²) in [5.74, 6) is -5.81. The van der Waals surface area contributed by atoms with Gasteiger partial charge in [0.1, 0.15) is 0 Å². The molecule has 6 heteroatoms. The number of nitrogens with two attached hydrogens (primary N) is 1. The molecular formula is C5H11NO5. The summed E-state index contributed by atoms with van der Waals surface area (Å²) in [6.45, 7) is 0. The van der Waals surface area contributed by atoms with E-state index in [4.69, 9.17) is 31.3 Å². The molecule has 0 spiro atoms. The van der Waals surface area contributed by atoms with Gasteiger partial charge in [-0.05, 0) is 0 Å². The van der Waals surface area contributed by atoms with Gasteiger partial charge in [0.15, 0.2) is 5.72 Å². The fourth-order valence-electron chi connectivity index (χ4n) is 1.06. The minimum Gasteiger partial charge on any atom is -0.370 e. The maximum atomic E-state index is 9.02. The van der Waals surface area contributed by atoms with Crippen molar-refractivity contribution in [1.82, 2.24) is 0 Å². The third kappa shape index (κ3) is 0.959. The smallest absolute Gasteiger partial charge is 0.262 e. The van der Waals surface area contributed by atoms with Crippen molar-refractivity contribution in [2.75, 3.05) is 0 Å². The van der Waals surface area contributed by atoms with Gasteiger partial charge in [-0.15, -0.1) is 0 Å². The van der Waals surface area contributed by atoms with Gasteiger partial charge in [-0.3, -0.25) is 5.73 Å². The lowest BCUT2D eigenvalue weighted by Crippen LogP contribution is -2.66. The molecule has 0 heterocycles. The van der Waals surface area contributed by atoms with Gasteiger partial charge < -0.3 is 25.5 Å². The molecule has 6 nitrogen and oxygen atoms in total. The molecule has 66 valence electrons. The zero-order valence-electron chi connectivity index (χ0n) is 5.73. The summed E-state index contributed by atoms with van der Waals surface area (Å²) in [5, 5.41) is 44.6. The Hall–Kier alpha value is -0.240. The largest absolute Gasteiger partial charge is 0.370 e. The number of hydrogen-bond donors (Lipinski definition) is 6. The molecule has 1 unspecified atom stereocenters. The van der Waals surface area contributed by atoms with Gasteiger partial charge in [0.05, 0.1) is 0 Å². The van der Waals surface area contributed by atoms with E-state index in [9.17, 15) is 0 Å². The van der Waals surface area contributed by atoms with E-state index in [0.29, 0.717) is 0 Å². The van der Waals surface area contributed by atoms with Crippen LogP contribution in [0, 0.1) is 0 Å². The molecular weight excluding hydrogens is 154 g/mol. The van der Waals surface area contributed by atoms with Crippen LogP contribution < -0.4 is 5.73 Å². The Balaban J connectivity index is 3.00. The van der Waals surface area contributed by atoms with Crippen molar-refractivity contribution in [3.8, 4) is 0 Å². The van der Waals surface area contributed by atoms with Crippen LogP contribution in [0.15, 0.2) is 0 Å². The van der Waals surface area contributed by atoms with Crippen LogP contribution in [-0.4, -0.2) is 42.8 Å². The van der Waals surface area contributed by atoms with Crippen molar-refractivity contribution < 1.29 is 25.5 Å². The summed E-state index contributed by atoms with van der Waals surface area (Å²) in [6.07, 6.45) is -0.667. The molecule has 0 amide bonds. The zero-order valence-corrected chi connectivity index (χ0v) is 5.73. The number of aliphatic hydroxyl groups is 5. The molecule has 0 radical (unpaired) electrons. The fourth-order valence-corrected chi connectivity index (χ4v) is 1.06. The number of hydrogen-bond acceptors (Lipinski definition) is 6. The SMILES string of the molecule is NC1(O)CCC(O)(O)C1(O)O. The lowest BCUT2D eigenvalue weighted by atomic mass is 10.1. The summed E-state index contributed by atoms with van der Waals surface area (Å²) in [5.41, 5.74) is 2.60. The third-order valence-corrected chi connectivity index (χ3v) is 2.02. The summed E-state index contributed by atoms with van der Waals surface area (Å²) in [6, 6.07) is 0. The first-order valence-electron chi connectivity index (χ1n) is 3.11. The monoisotopic (exact) mass is 165 g/mol. The average molecular weight is 165 g/mol. The molecule has 1 saturated carbocycles. The van der Waals surface area contributed by atoms with Crippen LogP contribution in [0.5, 0.6) is 0 Å². The second-order valence-electron chi connectivity index (χ2n) is 2.91. The minimum atomic E-state index is -3.07. The Kier molecular flexibility index (Phi) is 1.54. The molecule has 0 aliphatic heterocycles. The lowest BCUT2D eigenvalue weighted by molar-refractivity contribution is -0.380. The summed E-state index contributed by atoms with van der Waals surface area (Å²) in [7, 11) is 0. The lowest BCUT2D eigenvalue weighted by Gasteiger charge is -2.35. The Morgan fingerprint density at radius 1 is 0.909 bits per heavy atom. The van der Waals surface area contributed by atoms with E-state index >= 15 is 0 Å². The van der Waals surface area contributed by atoms with Gasteiger partial charge in [-0.25, -0.2) is 0 Å². The number of rotatable bonds is 0. The van der Waals surface area contributed by atoms with Crippen molar-refractivity contribution in [3.63, 3.8) is 0 Å². The first kappa shape index (κ1) is 8.85. The predicted octanol–water partition coefficient (Wildman–Crippen LogP) is -3.21. The molecule has 7 N–H and O–H groups in total. The van der Waals surface area contributed by atoms with Crippen LogP contribution in [0.2, 0.25) is 0 Å². The molecule has 0 aromatic carbocycles. The Labute approximate surface area is 62.5 Å². The van der Waals surface area contributed by atoms with Crippen LogP contribution in [0.1, 0.15) is 12.8 Å². The van der Waals surface area contributed by atoms with E-state index in [2.05, 4.69) is 0 Å². The summed E-state index contributed by atoms with van der Waals surface area (Å²) >= 11 is 0. The quantitative estimate of drug-likeness (QED) is 0.210. The molecule has 1 aliphatic rings. The van der Waals surface area contributed by atoms with Crippen LogP contribution in [0.3, 0.4) is 0 Å². The molecule has 1 aliphatic carbocycles. The highest BCUT2D eigenvalue weighted by Gasteiger charge is 2.65. The molecule has 1 atom stereocenters. The zero-order chi connectivity index (χ0) is 8.91. The van der Waals surface area contributed by atoms with Crippen molar-refractivity contribution in [2.45, 2.75) is 30.1 Å². The maximum Gasteiger partial charge on any atom is 0.262 e. The molecule has 1 rings (SSSR count). The van der Waals surface area contributed by atoms with E-state index in [1.165, 1.54) is 0 Å². The van der Waals surface area contributed by atoms with E-state index in [-0.39, 0.29) is 12.8 Å². The summed E-state index contributed by atoms with van der Waals surface area (Å²) < 4.78 is 0. The van der Waals surface area contributed by atoms with E-state index in [1.807, 2.05) is 0 Å². The highest BCUT2D eigenvalue weighted by atomic mass is 16.6. The van der Waals surface area contributed by atoms with E-state index < -0.39 is 17.3 Å². The topological polar surface area (TPSA) is 127 Å². The van der Waals surface area contributed by atoms with Crippen molar-refractivity contribution in [1.29, 1.82) is 0 Å². The van der Waals surface area contributed by atoms with Gasteiger partial charge in [0.2, 0.25) is 5.79 Å². The molecule has 1 fully saturated rings. The fraction of sp³-hybridized carbons (Fsp3) is 1.00. The van der Waals surface area contributed by atoms with Gasteiger partial charge in [0, 0.05) is 12.8 Å². The van der Waals surface area contributed by atoms with Crippen LogP contribution in [0.25, 0.3) is 0 Å². The van der Waals surface area contributed by atoms with Crippen LogP contribution >= 0.6 is 0 Å². The Morgan fingerprint density at radius 3 is 1.45 bits per heavy atom. The first-order chi connectivity index (χ1) is 4.71. The Bertz CT molecular complexity index is 158. The van der Waals surface area contributed by atoms with Crippen LogP contribution in [-0.2, 0) is 0 Å². The van der Waals surface area contributed by atoms with Gasteiger partial charge in [-0.2, -0.15) is 0 Å². The molecule has 0 saturated heterocycles. The maximum absolute atomic E-state index is 9.02. The van der Waals surface area contributed by atoms with Crippen molar-refractivity contribution >= 4 is 0 Å². The minimum absolute atomic E-state index is 0.285. The first-order valence-corrected chi connectivity index (χ1v) is 3.11. The predicted molar refractivity (Wildman–Crippen MR) is 32.7 cm³/mol. The molecule has 11 heavy (non-hydrogen) atoms. The third-order valence-electron chi connectivity index (χ3n) is 2.02. The second kappa shape index (κ2) is 1.92. The van der Waals surface area contributed by atoms with Gasteiger partial charge in [0.25, 0.3) is 5.79 Å². The van der Waals surface area contributed by atoms with Gasteiger partial charge >= 0.3 is 0 Å². The summed E-state index contributed by atoms with van der Waals surface area (Å²) in [4.78, 5) is 0. The highest BCUT2D eigenvalue weighted by molar-refractivity contribution is 5.03. The van der Waals surface area contributed by atoms with E-state index in [1.54, 1.807) is 0 Å². The van der Waals surface area contributed by atoms with Crippen LogP contribution in [0.4, 0.5) is 0 Å². The average Bonchev–Trinajstić information content (AvgIpc) is 1.93. The second-order valence-corrected chi connectivity index (χ2v) is 2.91. The molecule has 0 aromatic rings. The Morgan fingerprint density at radius 2 is 1.36 bits per heavy atom. The van der Waals surface area contributed by atoms with Crippen molar-refractivity contribution in [2.24, 2.45) is 5.73 Å². The standard InChI is InChI=1S/C5H11NO5/c6-3(7)1-2-4(8,9)5(3,10)11/h7-11H,1-2,6H2. The van der Waals surface area contributed by atoms with Crippen molar-refractivity contribution in [3.05, 3.63) is 0 Å². The van der Waals surface area contributed by atoms with Gasteiger partial charge in [-0.1, -0.05) is 0 Å². The molecule has 0 aromatic heterocycles. The molecule has 0 bridgehead atoms. The normalized spacial score (nSPS) is 40.9.